The number of nitrogens with one attached hydrogen (secondary N) is 2. The van der Waals surface area contributed by atoms with Gasteiger partial charge in [-0.15, -0.1) is 0 Å². The smallest absolute Gasteiger partial charge is 0.275 e. The van der Waals surface area contributed by atoms with Gasteiger partial charge in [0, 0.05) is 5.69 Å². The van der Waals surface area contributed by atoms with Crippen LogP contribution in [0.3, 0.4) is 0 Å². The third kappa shape index (κ3) is 3.67. The summed E-state index contributed by atoms with van der Waals surface area (Å²) in [5.74, 6) is 0.915. The van der Waals surface area contributed by atoms with E-state index < -0.39 is 0 Å². The van der Waals surface area contributed by atoms with Crippen LogP contribution in [0.1, 0.15) is 10.5 Å². The van der Waals surface area contributed by atoms with Crippen LogP contribution in [0, 0.1) is 0 Å². The van der Waals surface area contributed by atoms with Crippen molar-refractivity contribution in [2.45, 2.75) is 0 Å². The van der Waals surface area contributed by atoms with Gasteiger partial charge in [-0.2, -0.15) is 0 Å². The van der Waals surface area contributed by atoms with Crippen molar-refractivity contribution in [3.8, 4) is 5.75 Å². The molecule has 3 rings (SSSR count). The number of aromatic nitrogens is 2. The summed E-state index contributed by atoms with van der Waals surface area (Å²) in [5, 5.41) is 5.87. The van der Waals surface area contributed by atoms with Crippen molar-refractivity contribution >= 4 is 23.1 Å². The zero-order valence-corrected chi connectivity index (χ0v) is 13.1. The zero-order chi connectivity index (χ0) is 16.8. The third-order valence-electron chi connectivity index (χ3n) is 3.29. The Bertz CT molecular complexity index is 820. The minimum atomic E-state index is -0.308. The van der Waals surface area contributed by atoms with E-state index in [2.05, 4.69) is 20.6 Å². The van der Waals surface area contributed by atoms with Gasteiger partial charge in [0.05, 0.1) is 25.2 Å². The van der Waals surface area contributed by atoms with Crippen LogP contribution in [0.5, 0.6) is 5.75 Å². The number of hydrogen-bond donors (Lipinski definition) is 2. The summed E-state index contributed by atoms with van der Waals surface area (Å²) in [6, 6.07) is 16.7. The largest absolute Gasteiger partial charge is 0.495 e. The monoisotopic (exact) mass is 320 g/mol. The molecule has 0 radical (unpaired) electrons. The van der Waals surface area contributed by atoms with E-state index in [1.807, 2.05) is 54.6 Å². The lowest BCUT2D eigenvalue weighted by Crippen LogP contribution is -2.14. The molecule has 0 fully saturated rings. The molecule has 2 N–H and O–H groups in total. The summed E-state index contributed by atoms with van der Waals surface area (Å²) in [4.78, 5) is 20.5. The molecule has 0 aliphatic carbocycles. The Morgan fingerprint density at radius 2 is 1.71 bits per heavy atom. The fourth-order valence-corrected chi connectivity index (χ4v) is 2.11. The molecule has 0 spiro atoms. The molecule has 0 saturated heterocycles. The first-order chi connectivity index (χ1) is 11.8. The molecule has 1 heterocycles. The second-order valence-electron chi connectivity index (χ2n) is 4.93. The molecule has 6 nitrogen and oxygen atoms in total. The molecule has 1 aromatic heterocycles. The van der Waals surface area contributed by atoms with Gasteiger partial charge in [0.2, 0.25) is 0 Å². The SMILES string of the molecule is COc1ccccc1Nc1cnc(C(=O)Nc2ccccc2)cn1. The number of benzene rings is 2. The lowest BCUT2D eigenvalue weighted by molar-refractivity contribution is 0.102. The maximum Gasteiger partial charge on any atom is 0.275 e. The molecular weight excluding hydrogens is 304 g/mol. The number of amides is 1. The fraction of sp³-hybridized carbons (Fsp3) is 0.0556. The van der Waals surface area contributed by atoms with Gasteiger partial charge < -0.3 is 15.4 Å². The van der Waals surface area contributed by atoms with E-state index in [9.17, 15) is 4.79 Å². The van der Waals surface area contributed by atoms with Crippen molar-refractivity contribution in [1.82, 2.24) is 9.97 Å². The molecule has 120 valence electrons. The van der Waals surface area contributed by atoms with Crippen molar-refractivity contribution < 1.29 is 9.53 Å². The van der Waals surface area contributed by atoms with Crippen molar-refractivity contribution in [3.63, 3.8) is 0 Å². The highest BCUT2D eigenvalue weighted by Crippen LogP contribution is 2.25. The Labute approximate surface area is 139 Å². The predicted octanol–water partition coefficient (Wildman–Crippen LogP) is 3.48. The number of nitrogens with zero attached hydrogens (tertiary/aromatic N) is 2. The number of carbonyl (C=O) groups excluding carboxylic acids is 1. The molecule has 3 aromatic rings. The van der Waals surface area contributed by atoms with Crippen LogP contribution in [0.4, 0.5) is 17.2 Å². The van der Waals surface area contributed by atoms with Gasteiger partial charge in [-0.05, 0) is 24.3 Å². The molecule has 24 heavy (non-hydrogen) atoms. The van der Waals surface area contributed by atoms with Crippen molar-refractivity contribution in [3.05, 3.63) is 72.7 Å². The summed E-state index contributed by atoms with van der Waals surface area (Å²) < 4.78 is 5.27. The second kappa shape index (κ2) is 7.23. The summed E-state index contributed by atoms with van der Waals surface area (Å²) in [7, 11) is 1.60. The van der Waals surface area contributed by atoms with Crippen LogP contribution in [-0.4, -0.2) is 23.0 Å². The maximum absolute atomic E-state index is 12.1. The molecule has 0 aliphatic rings. The first-order valence-electron chi connectivity index (χ1n) is 7.35. The van der Waals surface area contributed by atoms with Crippen LogP contribution in [0.2, 0.25) is 0 Å². The molecule has 2 aromatic carbocycles. The van der Waals surface area contributed by atoms with Crippen LogP contribution >= 0.6 is 0 Å². The molecule has 1 amide bonds. The lowest BCUT2D eigenvalue weighted by atomic mass is 10.3. The lowest BCUT2D eigenvalue weighted by Gasteiger charge is -2.10. The van der Waals surface area contributed by atoms with E-state index in [1.54, 1.807) is 7.11 Å². The average molecular weight is 320 g/mol. The summed E-state index contributed by atoms with van der Waals surface area (Å²) >= 11 is 0. The minimum absolute atomic E-state index is 0.240. The number of para-hydroxylation sites is 3. The third-order valence-corrected chi connectivity index (χ3v) is 3.29. The maximum atomic E-state index is 12.1. The van der Waals surface area contributed by atoms with Gasteiger partial charge >= 0.3 is 0 Å². The van der Waals surface area contributed by atoms with Gasteiger partial charge in [-0.25, -0.2) is 9.97 Å². The van der Waals surface area contributed by atoms with Crippen LogP contribution in [0.25, 0.3) is 0 Å². The zero-order valence-electron chi connectivity index (χ0n) is 13.1. The van der Waals surface area contributed by atoms with Crippen LogP contribution in [0.15, 0.2) is 67.0 Å². The predicted molar refractivity (Wildman–Crippen MR) is 92.7 cm³/mol. The fourth-order valence-electron chi connectivity index (χ4n) is 2.11. The highest BCUT2D eigenvalue weighted by atomic mass is 16.5. The first kappa shape index (κ1) is 15.5. The summed E-state index contributed by atoms with van der Waals surface area (Å²) in [6.07, 6.45) is 2.93. The van der Waals surface area contributed by atoms with E-state index in [0.717, 1.165) is 5.69 Å². The van der Waals surface area contributed by atoms with E-state index in [4.69, 9.17) is 4.74 Å². The molecular formula is C18H16N4O2. The Hall–Kier alpha value is -3.41. The number of rotatable bonds is 5. The van der Waals surface area contributed by atoms with Gasteiger partial charge in [0.25, 0.3) is 5.91 Å². The number of anilines is 3. The minimum Gasteiger partial charge on any atom is -0.495 e. The first-order valence-corrected chi connectivity index (χ1v) is 7.35. The van der Waals surface area contributed by atoms with Crippen molar-refractivity contribution in [2.24, 2.45) is 0 Å². The van der Waals surface area contributed by atoms with Crippen molar-refractivity contribution in [2.75, 3.05) is 17.7 Å². The van der Waals surface area contributed by atoms with Crippen molar-refractivity contribution in [1.29, 1.82) is 0 Å². The number of carbonyl (C=O) groups is 1. The molecule has 0 aliphatic heterocycles. The van der Waals surface area contributed by atoms with Crippen LogP contribution in [-0.2, 0) is 0 Å². The Morgan fingerprint density at radius 1 is 0.958 bits per heavy atom. The van der Waals surface area contributed by atoms with E-state index in [1.165, 1.54) is 12.4 Å². The Morgan fingerprint density at radius 3 is 2.42 bits per heavy atom. The number of methoxy groups -OCH3 is 1. The van der Waals surface area contributed by atoms with Gasteiger partial charge in [-0.3, -0.25) is 4.79 Å². The number of ether oxygens (including phenoxy) is 1. The molecule has 0 atom stereocenters. The quantitative estimate of drug-likeness (QED) is 0.752. The highest BCUT2D eigenvalue weighted by molar-refractivity contribution is 6.02. The molecule has 0 saturated carbocycles. The Kier molecular flexibility index (Phi) is 4.67. The van der Waals surface area contributed by atoms with E-state index in [0.29, 0.717) is 17.3 Å². The summed E-state index contributed by atoms with van der Waals surface area (Å²) in [5.41, 5.74) is 1.72. The standard InChI is InChI=1S/C18H16N4O2/c1-24-16-10-6-5-9-14(16)22-17-12-19-15(11-20-17)18(23)21-13-7-3-2-4-8-13/h2-12H,1H3,(H,20,22)(H,21,23). The number of hydrogen-bond acceptors (Lipinski definition) is 5. The molecule has 0 bridgehead atoms. The van der Waals surface area contributed by atoms with Crippen LogP contribution < -0.4 is 15.4 Å². The van der Waals surface area contributed by atoms with Gasteiger partial charge in [0.15, 0.2) is 0 Å². The van der Waals surface area contributed by atoms with E-state index in [-0.39, 0.29) is 11.6 Å². The second-order valence-corrected chi connectivity index (χ2v) is 4.93. The molecule has 0 unspecified atom stereocenters. The normalized spacial score (nSPS) is 10.0. The highest BCUT2D eigenvalue weighted by Gasteiger charge is 2.09. The summed E-state index contributed by atoms with van der Waals surface area (Å²) in [6.45, 7) is 0. The van der Waals surface area contributed by atoms with Gasteiger partial charge in [0.1, 0.15) is 17.3 Å². The molecule has 6 heteroatoms. The average Bonchev–Trinajstić information content (AvgIpc) is 2.63. The topological polar surface area (TPSA) is 76.1 Å². The van der Waals surface area contributed by atoms with E-state index >= 15 is 0 Å². The van der Waals surface area contributed by atoms with Gasteiger partial charge in [-0.1, -0.05) is 30.3 Å². The Balaban J connectivity index is 1.70.